The van der Waals surface area contributed by atoms with Crippen molar-refractivity contribution < 1.29 is 0 Å². The standard InChI is InChI=1S/C48H30N4.C42H26N4/c1-2-6-31(7-3-1)37-8-4-9-38(28-37)39-17-15-34-21-24-44(52-45(34)29-39)40-18-16-35-20-23-43(51-46(35)30-40)33-13-11-32(12-14-33)41-25-27-50-48-42(41)22-19-36-10-5-26-49-47(36)48;1-2-5-27(6-3-1)33-14-12-30-18-21-38(46-39(30)25-33)34-15-13-31-17-20-37(45-40(31)26-34)29-10-8-28(9-11-29)35-22-24-44-42-36(35)19-16-32-7-4-23-43-41(32)42/h1-30H;1-26H. The molecule has 8 heteroatoms. The fourth-order valence-electron chi connectivity index (χ4n) is 13.6. The molecule has 0 fully saturated rings. The van der Waals surface area contributed by atoms with Crippen LogP contribution in [0.1, 0.15) is 0 Å². The minimum Gasteiger partial charge on any atom is -0.254 e. The summed E-state index contributed by atoms with van der Waals surface area (Å²) < 4.78 is 0. The number of benzene rings is 11. The van der Waals surface area contributed by atoms with Gasteiger partial charge in [-0.1, -0.05) is 237 Å². The molecular formula is C90H56N8. The van der Waals surface area contributed by atoms with Gasteiger partial charge in [0.2, 0.25) is 0 Å². The first-order chi connectivity index (χ1) is 48.5. The number of hydrogen-bond donors (Lipinski definition) is 0. The highest BCUT2D eigenvalue weighted by atomic mass is 14.8. The Bertz CT molecular complexity index is 6300. The van der Waals surface area contributed by atoms with Crippen LogP contribution in [0, 0.1) is 0 Å². The van der Waals surface area contributed by atoms with Gasteiger partial charge in [-0.05, 0) is 134 Å². The Balaban J connectivity index is 0.000000143. The van der Waals surface area contributed by atoms with Crippen molar-refractivity contribution in [3.05, 3.63) is 340 Å². The summed E-state index contributed by atoms with van der Waals surface area (Å²) in [6.07, 6.45) is 7.39. The molecule has 19 rings (SSSR count). The lowest BCUT2D eigenvalue weighted by molar-refractivity contribution is 1.37. The Morgan fingerprint density at radius 1 is 0.163 bits per heavy atom. The van der Waals surface area contributed by atoms with Crippen LogP contribution >= 0.6 is 0 Å². The van der Waals surface area contributed by atoms with Gasteiger partial charge in [0.1, 0.15) is 0 Å². The van der Waals surface area contributed by atoms with Gasteiger partial charge in [0.15, 0.2) is 0 Å². The number of nitrogens with zero attached hydrogens (tertiary/aromatic N) is 8. The van der Waals surface area contributed by atoms with Crippen LogP contribution in [0.4, 0.5) is 0 Å². The molecule has 0 aliphatic carbocycles. The first-order valence-electron chi connectivity index (χ1n) is 32.8. The lowest BCUT2D eigenvalue weighted by Crippen LogP contribution is -1.90. The zero-order chi connectivity index (χ0) is 64.9. The molecular weight excluding hydrogens is 1190 g/mol. The lowest BCUT2D eigenvalue weighted by Gasteiger charge is -2.10. The molecule has 19 aromatic rings. The van der Waals surface area contributed by atoms with Crippen molar-refractivity contribution in [1.29, 1.82) is 0 Å². The number of aromatic nitrogens is 8. The lowest BCUT2D eigenvalue weighted by atomic mass is 9.98. The Morgan fingerprint density at radius 2 is 0.469 bits per heavy atom. The molecule has 0 radical (unpaired) electrons. The predicted octanol–water partition coefficient (Wildman–Crippen LogP) is 22.8. The first-order valence-corrected chi connectivity index (χ1v) is 32.8. The zero-order valence-electron chi connectivity index (χ0n) is 52.9. The molecule has 456 valence electrons. The predicted molar refractivity (Wildman–Crippen MR) is 404 cm³/mol. The molecule has 8 heterocycles. The van der Waals surface area contributed by atoms with E-state index in [0.717, 1.165) is 166 Å². The summed E-state index contributed by atoms with van der Waals surface area (Å²) in [6.45, 7) is 0. The topological polar surface area (TPSA) is 103 Å². The monoisotopic (exact) mass is 1250 g/mol. The van der Waals surface area contributed by atoms with E-state index >= 15 is 0 Å². The van der Waals surface area contributed by atoms with E-state index in [1.807, 2.05) is 49.1 Å². The van der Waals surface area contributed by atoms with E-state index in [0.29, 0.717) is 0 Å². The zero-order valence-corrected chi connectivity index (χ0v) is 52.9. The third-order valence-electron chi connectivity index (χ3n) is 18.7. The van der Waals surface area contributed by atoms with Crippen molar-refractivity contribution in [3.8, 4) is 101 Å². The molecule has 0 aliphatic heterocycles. The smallest absolute Gasteiger partial charge is 0.0970 e. The van der Waals surface area contributed by atoms with Gasteiger partial charge in [0, 0.05) is 90.1 Å². The summed E-state index contributed by atoms with van der Waals surface area (Å²) >= 11 is 0. The molecule has 8 aromatic heterocycles. The van der Waals surface area contributed by atoms with Crippen LogP contribution < -0.4 is 0 Å². The highest BCUT2D eigenvalue weighted by molar-refractivity contribution is 6.09. The van der Waals surface area contributed by atoms with Gasteiger partial charge in [0.25, 0.3) is 0 Å². The van der Waals surface area contributed by atoms with Crippen LogP contribution in [-0.4, -0.2) is 39.9 Å². The quantitative estimate of drug-likeness (QED) is 0.132. The number of pyridine rings is 8. The average Bonchev–Trinajstić information content (AvgIpc) is 0.789. The van der Waals surface area contributed by atoms with E-state index < -0.39 is 0 Å². The molecule has 0 saturated heterocycles. The third kappa shape index (κ3) is 10.9. The normalized spacial score (nSPS) is 11.5. The number of rotatable bonds is 9. The molecule has 0 unspecified atom stereocenters. The highest BCUT2D eigenvalue weighted by Crippen LogP contribution is 2.37. The van der Waals surface area contributed by atoms with Gasteiger partial charge in [0.05, 0.1) is 66.9 Å². The molecule has 0 saturated carbocycles. The van der Waals surface area contributed by atoms with Crippen molar-refractivity contribution >= 4 is 87.2 Å². The largest absolute Gasteiger partial charge is 0.254 e. The van der Waals surface area contributed by atoms with Crippen LogP contribution in [0.5, 0.6) is 0 Å². The molecule has 11 aromatic carbocycles. The fourth-order valence-corrected chi connectivity index (χ4v) is 13.6. The van der Waals surface area contributed by atoms with E-state index in [4.69, 9.17) is 19.9 Å². The van der Waals surface area contributed by atoms with Gasteiger partial charge >= 0.3 is 0 Å². The second-order valence-corrected chi connectivity index (χ2v) is 24.7. The summed E-state index contributed by atoms with van der Waals surface area (Å²) in [6, 6.07) is 110. The Labute approximate surface area is 564 Å². The molecule has 8 nitrogen and oxygen atoms in total. The second kappa shape index (κ2) is 24.6. The van der Waals surface area contributed by atoms with Gasteiger partial charge < -0.3 is 0 Å². The second-order valence-electron chi connectivity index (χ2n) is 24.7. The van der Waals surface area contributed by atoms with E-state index in [1.165, 1.54) is 22.3 Å². The Kier molecular flexibility index (Phi) is 14.4. The van der Waals surface area contributed by atoms with Gasteiger partial charge in [-0.15, -0.1) is 0 Å². The van der Waals surface area contributed by atoms with Crippen molar-refractivity contribution in [2.75, 3.05) is 0 Å². The third-order valence-corrected chi connectivity index (χ3v) is 18.7. The molecule has 0 atom stereocenters. The summed E-state index contributed by atoms with van der Waals surface area (Å²) in [5.41, 5.74) is 27.1. The highest BCUT2D eigenvalue weighted by Gasteiger charge is 2.15. The van der Waals surface area contributed by atoms with Crippen LogP contribution in [0.3, 0.4) is 0 Å². The minimum absolute atomic E-state index is 0.918. The maximum atomic E-state index is 5.14. The molecule has 0 bridgehead atoms. The van der Waals surface area contributed by atoms with Crippen molar-refractivity contribution in [2.45, 2.75) is 0 Å². The van der Waals surface area contributed by atoms with E-state index in [1.54, 1.807) is 0 Å². The van der Waals surface area contributed by atoms with Crippen LogP contribution in [0.25, 0.3) is 188 Å². The summed E-state index contributed by atoms with van der Waals surface area (Å²) in [5, 5.41) is 8.79. The van der Waals surface area contributed by atoms with Crippen LogP contribution in [0.2, 0.25) is 0 Å². The maximum absolute atomic E-state index is 5.14. The van der Waals surface area contributed by atoms with Gasteiger partial charge in [-0.3, -0.25) is 19.9 Å². The van der Waals surface area contributed by atoms with Gasteiger partial charge in [-0.25, -0.2) is 19.9 Å². The van der Waals surface area contributed by atoms with Crippen molar-refractivity contribution in [2.24, 2.45) is 0 Å². The fraction of sp³-hybridized carbons (Fsp3) is 0. The van der Waals surface area contributed by atoms with Gasteiger partial charge in [-0.2, -0.15) is 0 Å². The Morgan fingerprint density at radius 3 is 0.898 bits per heavy atom. The van der Waals surface area contributed by atoms with Crippen LogP contribution in [0.15, 0.2) is 340 Å². The first kappa shape index (κ1) is 57.4. The molecule has 0 aliphatic rings. The van der Waals surface area contributed by atoms with Crippen LogP contribution in [-0.2, 0) is 0 Å². The van der Waals surface area contributed by atoms with E-state index in [-0.39, 0.29) is 0 Å². The van der Waals surface area contributed by atoms with Crippen molar-refractivity contribution in [1.82, 2.24) is 39.9 Å². The average molecular weight is 1250 g/mol. The minimum atomic E-state index is 0.918. The Hall–Kier alpha value is -13.3. The molecule has 98 heavy (non-hydrogen) atoms. The maximum Gasteiger partial charge on any atom is 0.0970 e. The summed E-state index contributed by atoms with van der Waals surface area (Å²) in [5.74, 6) is 0. The summed E-state index contributed by atoms with van der Waals surface area (Å²) in [4.78, 5) is 39.0. The molecule has 0 N–H and O–H groups in total. The molecule has 0 amide bonds. The van der Waals surface area contributed by atoms with Crippen molar-refractivity contribution in [3.63, 3.8) is 0 Å². The number of fused-ring (bicyclic) bond motifs is 10. The van der Waals surface area contributed by atoms with E-state index in [9.17, 15) is 0 Å². The SMILES string of the molecule is c1ccc(-c2ccc3ccc(-c4ccc5ccc(-c6ccc(-c7ccnc8c7ccc7cccnc78)cc6)nc5c4)nc3c2)cc1.c1ccc(-c2cccc(-c3ccc4ccc(-c5ccc6ccc(-c7ccc(-c8ccnc9c8ccc8cccnc89)cc7)nc6c5)nc4c3)c2)cc1. The number of hydrogen-bond acceptors (Lipinski definition) is 8. The van der Waals surface area contributed by atoms with E-state index in [2.05, 4.69) is 311 Å². The summed E-state index contributed by atoms with van der Waals surface area (Å²) in [7, 11) is 0. The molecule has 0 spiro atoms.